The number of aromatic nitrogens is 1. The summed E-state index contributed by atoms with van der Waals surface area (Å²) in [5, 5.41) is 26.0. The van der Waals surface area contributed by atoms with Crippen LogP contribution in [0.5, 0.6) is 0 Å². The van der Waals surface area contributed by atoms with Gasteiger partial charge in [0.25, 0.3) is 0 Å². The molecule has 0 saturated heterocycles. The summed E-state index contributed by atoms with van der Waals surface area (Å²) in [6, 6.07) is 19.4. The lowest BCUT2D eigenvalue weighted by atomic mass is 10.0. The van der Waals surface area contributed by atoms with Crippen LogP contribution in [0, 0.1) is 5.92 Å². The number of H-pyrrole nitrogens is 1. The number of benzene rings is 3. The van der Waals surface area contributed by atoms with Gasteiger partial charge >= 0.3 is 5.97 Å². The Bertz CT molecular complexity index is 2210. The lowest BCUT2D eigenvalue weighted by Crippen LogP contribution is -2.58. The molecular weight excluding hydrogens is 811 g/mol. The number of rotatable bonds is 24. The van der Waals surface area contributed by atoms with Gasteiger partial charge in [-0.05, 0) is 47.9 Å². The standard InChI is InChI=1S/C44H57N11O8/c1-26(2)38(43(62)63)55-42(61)35(22-29-23-49-32-17-10-9-16-30(29)32)54-41(60)33(18-11-19-48-44(46)47)52-36(56)25-51-40(59)34(21-28-14-7-4-8-15-28)53-37(57)24-50-39(58)31(45)20-27-12-5-3-6-13-27/h3-10,12-17,23,26,31,33-35,38,49H,11,18-22,24-25,45H2,1-2H3,(H,50,58)(H,51,59)(H,52,56)(H,53,57)(H,54,60)(H,55,61)(H,62,63)(H4,46,47,48)/t31-,33-,34-,35-,38-/m0/s1. The number of hydrogen-bond acceptors (Lipinski definition) is 9. The van der Waals surface area contributed by atoms with E-state index in [0.717, 1.165) is 16.5 Å². The van der Waals surface area contributed by atoms with Gasteiger partial charge in [-0.2, -0.15) is 0 Å². The molecule has 19 heteroatoms. The van der Waals surface area contributed by atoms with Gasteiger partial charge < -0.3 is 59.2 Å². The van der Waals surface area contributed by atoms with E-state index in [4.69, 9.17) is 17.2 Å². The van der Waals surface area contributed by atoms with Gasteiger partial charge in [-0.1, -0.05) is 92.7 Å². The number of amides is 6. The van der Waals surface area contributed by atoms with E-state index in [1.54, 1.807) is 50.4 Å². The van der Waals surface area contributed by atoms with Crippen LogP contribution in [0.25, 0.3) is 10.9 Å². The van der Waals surface area contributed by atoms with Crippen LogP contribution < -0.4 is 49.1 Å². The molecule has 0 unspecified atom stereocenters. The fraction of sp³-hybridized carbons (Fsp3) is 0.364. The van der Waals surface area contributed by atoms with Crippen molar-refractivity contribution in [2.24, 2.45) is 28.1 Å². The molecule has 0 aliphatic carbocycles. The number of nitrogens with one attached hydrogen (secondary N) is 7. The van der Waals surface area contributed by atoms with E-state index < -0.39 is 90.6 Å². The largest absolute Gasteiger partial charge is 0.480 e. The zero-order chi connectivity index (χ0) is 45.9. The van der Waals surface area contributed by atoms with Gasteiger partial charge in [-0.25, -0.2) is 4.79 Å². The van der Waals surface area contributed by atoms with Gasteiger partial charge in [-0.15, -0.1) is 0 Å². The second-order valence-corrected chi connectivity index (χ2v) is 15.3. The van der Waals surface area contributed by atoms with Crippen LogP contribution in [0.1, 0.15) is 43.4 Å². The number of para-hydroxylation sites is 1. The van der Waals surface area contributed by atoms with Crippen LogP contribution >= 0.6 is 0 Å². The molecule has 14 N–H and O–H groups in total. The van der Waals surface area contributed by atoms with Gasteiger partial charge in [0, 0.05) is 36.5 Å². The summed E-state index contributed by atoms with van der Waals surface area (Å²) in [7, 11) is 0. The van der Waals surface area contributed by atoms with E-state index in [0.29, 0.717) is 11.1 Å². The zero-order valence-electron chi connectivity index (χ0n) is 35.3. The van der Waals surface area contributed by atoms with Gasteiger partial charge in [0.1, 0.15) is 24.2 Å². The molecule has 6 amide bonds. The normalized spacial score (nSPS) is 13.3. The lowest BCUT2D eigenvalue weighted by molar-refractivity contribution is -0.143. The summed E-state index contributed by atoms with van der Waals surface area (Å²) >= 11 is 0. The summed E-state index contributed by atoms with van der Waals surface area (Å²) in [4.78, 5) is 99.5. The third kappa shape index (κ3) is 15.9. The Morgan fingerprint density at radius 3 is 1.79 bits per heavy atom. The fourth-order valence-corrected chi connectivity index (χ4v) is 6.64. The number of carbonyl (C=O) groups excluding carboxylic acids is 6. The van der Waals surface area contributed by atoms with Crippen molar-refractivity contribution in [3.8, 4) is 0 Å². The van der Waals surface area contributed by atoms with Crippen molar-refractivity contribution in [2.45, 2.75) is 76.2 Å². The molecule has 336 valence electrons. The predicted molar refractivity (Wildman–Crippen MR) is 236 cm³/mol. The summed E-state index contributed by atoms with van der Waals surface area (Å²) < 4.78 is 0. The minimum Gasteiger partial charge on any atom is -0.480 e. The molecule has 1 heterocycles. The molecule has 5 atom stereocenters. The number of fused-ring (bicyclic) bond motifs is 1. The number of hydrogen-bond donors (Lipinski definition) is 11. The summed E-state index contributed by atoms with van der Waals surface area (Å²) in [5.41, 5.74) is 20.0. The van der Waals surface area contributed by atoms with E-state index in [9.17, 15) is 38.7 Å². The summed E-state index contributed by atoms with van der Waals surface area (Å²) in [6.07, 6.45) is 2.17. The number of carbonyl (C=O) groups is 7. The molecule has 0 spiro atoms. The molecule has 4 rings (SSSR count). The van der Waals surface area contributed by atoms with Crippen molar-refractivity contribution >= 4 is 58.3 Å². The molecule has 3 aromatic carbocycles. The van der Waals surface area contributed by atoms with Gasteiger partial charge in [0.05, 0.1) is 19.1 Å². The highest BCUT2D eigenvalue weighted by Crippen LogP contribution is 2.20. The maximum absolute atomic E-state index is 14.0. The first-order valence-corrected chi connectivity index (χ1v) is 20.5. The Morgan fingerprint density at radius 1 is 0.651 bits per heavy atom. The number of guanidine groups is 1. The highest BCUT2D eigenvalue weighted by molar-refractivity contribution is 5.96. The fourth-order valence-electron chi connectivity index (χ4n) is 6.64. The summed E-state index contributed by atoms with van der Waals surface area (Å²) in [6.45, 7) is 2.29. The van der Waals surface area contributed by atoms with E-state index in [1.165, 1.54) is 0 Å². The highest BCUT2D eigenvalue weighted by Gasteiger charge is 2.32. The maximum atomic E-state index is 14.0. The Hall–Kier alpha value is -7.28. The molecule has 0 aliphatic rings. The number of nitrogens with two attached hydrogens (primary N) is 3. The van der Waals surface area contributed by atoms with Crippen LogP contribution in [-0.4, -0.2) is 107 Å². The minimum absolute atomic E-state index is 0.000878. The van der Waals surface area contributed by atoms with Crippen molar-refractivity contribution < 1.29 is 38.7 Å². The van der Waals surface area contributed by atoms with Crippen LogP contribution in [0.2, 0.25) is 0 Å². The van der Waals surface area contributed by atoms with Crippen LogP contribution in [0.4, 0.5) is 0 Å². The molecule has 0 saturated carbocycles. The smallest absolute Gasteiger partial charge is 0.326 e. The third-order valence-corrected chi connectivity index (χ3v) is 9.98. The van der Waals surface area contributed by atoms with Gasteiger partial charge in [0.15, 0.2) is 5.96 Å². The Morgan fingerprint density at radius 2 is 1.19 bits per heavy atom. The topological polar surface area (TPSA) is 318 Å². The quantitative estimate of drug-likeness (QED) is 0.0242. The molecule has 0 bridgehead atoms. The first-order chi connectivity index (χ1) is 30.1. The number of carboxylic acids is 1. The molecule has 1 aromatic heterocycles. The molecular formula is C44H57N11O8. The van der Waals surface area contributed by atoms with Crippen LogP contribution in [-0.2, 0) is 52.8 Å². The number of aliphatic imine (C=N–C) groups is 1. The number of nitrogens with zero attached hydrogens (tertiary/aromatic N) is 1. The van der Waals surface area contributed by atoms with Gasteiger partial charge in [-0.3, -0.25) is 33.8 Å². The van der Waals surface area contributed by atoms with Crippen LogP contribution in [0.3, 0.4) is 0 Å². The first kappa shape index (κ1) is 48.4. The molecule has 4 aromatic rings. The highest BCUT2D eigenvalue weighted by atomic mass is 16.4. The van der Waals surface area contributed by atoms with Crippen LogP contribution in [0.15, 0.2) is 96.1 Å². The number of aliphatic carboxylic acids is 1. The van der Waals surface area contributed by atoms with Crippen molar-refractivity contribution in [3.63, 3.8) is 0 Å². The monoisotopic (exact) mass is 867 g/mol. The predicted octanol–water partition coefficient (Wildman–Crippen LogP) is -0.511. The number of carboxylic acid groups (broad SMARTS) is 1. The molecule has 63 heavy (non-hydrogen) atoms. The Kier molecular flexibility index (Phi) is 18.6. The van der Waals surface area contributed by atoms with E-state index in [2.05, 4.69) is 41.9 Å². The zero-order valence-corrected chi connectivity index (χ0v) is 35.3. The third-order valence-electron chi connectivity index (χ3n) is 9.98. The van der Waals surface area contributed by atoms with Gasteiger partial charge in [0.2, 0.25) is 35.4 Å². The second-order valence-electron chi connectivity index (χ2n) is 15.3. The average Bonchev–Trinajstić information content (AvgIpc) is 3.67. The van der Waals surface area contributed by atoms with Crippen molar-refractivity contribution in [1.29, 1.82) is 0 Å². The molecule has 19 nitrogen and oxygen atoms in total. The Labute approximate surface area is 364 Å². The minimum atomic E-state index is -1.28. The molecule has 0 fully saturated rings. The van der Waals surface area contributed by atoms with E-state index >= 15 is 0 Å². The van der Waals surface area contributed by atoms with Crippen molar-refractivity contribution in [3.05, 3.63) is 108 Å². The maximum Gasteiger partial charge on any atom is 0.326 e. The summed E-state index contributed by atoms with van der Waals surface area (Å²) in [5.74, 6) is -6.18. The average molecular weight is 868 g/mol. The second kappa shape index (κ2) is 24.2. The van der Waals surface area contributed by atoms with E-state index in [-0.39, 0.29) is 44.6 Å². The lowest BCUT2D eigenvalue weighted by Gasteiger charge is -2.25. The SMILES string of the molecule is CC(C)[C@H](NC(=O)[C@H](Cc1c[nH]c2ccccc12)NC(=O)[C@H](CCCN=C(N)N)NC(=O)CNC(=O)[C@H](Cc1ccccc1)NC(=O)CNC(=O)[C@@H](N)Cc1ccccc1)C(=O)O. The molecule has 0 radical (unpaired) electrons. The number of aromatic amines is 1. The Balaban J connectivity index is 1.45. The first-order valence-electron chi connectivity index (χ1n) is 20.5. The van der Waals surface area contributed by atoms with Crippen molar-refractivity contribution in [2.75, 3.05) is 19.6 Å². The van der Waals surface area contributed by atoms with Crippen molar-refractivity contribution in [1.82, 2.24) is 36.9 Å². The van der Waals surface area contributed by atoms with E-state index in [1.807, 2.05) is 54.6 Å². The molecule has 0 aliphatic heterocycles.